The van der Waals surface area contributed by atoms with Crippen molar-refractivity contribution in [3.63, 3.8) is 0 Å². The van der Waals surface area contributed by atoms with E-state index >= 15 is 0 Å². The summed E-state index contributed by atoms with van der Waals surface area (Å²) in [6.07, 6.45) is 0.987. The van der Waals surface area contributed by atoms with Crippen LogP contribution in [0.5, 0.6) is 11.5 Å². The van der Waals surface area contributed by atoms with E-state index in [1.165, 1.54) is 11.1 Å². The number of benzene rings is 1. The van der Waals surface area contributed by atoms with Gasteiger partial charge in [0.25, 0.3) is 0 Å². The maximum atomic E-state index is 6.02. The van der Waals surface area contributed by atoms with E-state index in [4.69, 9.17) is 18.9 Å². The molecule has 21 heavy (non-hydrogen) atoms. The first-order chi connectivity index (χ1) is 10.0. The lowest BCUT2D eigenvalue weighted by atomic mass is 9.90. The Morgan fingerprint density at radius 2 is 1.90 bits per heavy atom. The zero-order valence-electron chi connectivity index (χ0n) is 13.1. The molecule has 0 bridgehead atoms. The molecular formula is C16H23NO4. The van der Waals surface area contributed by atoms with Crippen molar-refractivity contribution in [2.24, 2.45) is 0 Å². The number of hydrogen-bond donors (Lipinski definition) is 1. The topological polar surface area (TPSA) is 49.0 Å². The zero-order valence-corrected chi connectivity index (χ0v) is 13.1. The fourth-order valence-electron chi connectivity index (χ4n) is 3.13. The van der Waals surface area contributed by atoms with E-state index in [9.17, 15) is 0 Å². The van der Waals surface area contributed by atoms with Crippen LogP contribution < -0.4 is 14.8 Å². The number of rotatable bonds is 3. The molecule has 5 nitrogen and oxygen atoms in total. The number of nitrogens with one attached hydrogen (secondary N) is 1. The molecule has 1 aromatic rings. The number of ether oxygens (including phenoxy) is 4. The molecular weight excluding hydrogens is 270 g/mol. The van der Waals surface area contributed by atoms with E-state index in [0.29, 0.717) is 6.61 Å². The van der Waals surface area contributed by atoms with E-state index in [1.807, 2.05) is 13.8 Å². The highest BCUT2D eigenvalue weighted by molar-refractivity contribution is 5.49. The van der Waals surface area contributed by atoms with Gasteiger partial charge in [0.05, 0.1) is 26.9 Å². The molecule has 0 unspecified atom stereocenters. The summed E-state index contributed by atoms with van der Waals surface area (Å²) >= 11 is 0. The fraction of sp³-hybridized carbons (Fsp3) is 0.625. The molecule has 0 aliphatic carbocycles. The molecule has 0 amide bonds. The largest absolute Gasteiger partial charge is 0.493 e. The second-order valence-corrected chi connectivity index (χ2v) is 5.95. The van der Waals surface area contributed by atoms with Crippen LogP contribution in [0, 0.1) is 0 Å². The Hall–Kier alpha value is -1.30. The van der Waals surface area contributed by atoms with Crippen molar-refractivity contribution in [1.82, 2.24) is 5.32 Å². The third kappa shape index (κ3) is 2.73. The molecule has 1 saturated heterocycles. The molecule has 1 fully saturated rings. The predicted molar refractivity (Wildman–Crippen MR) is 78.9 cm³/mol. The molecule has 0 saturated carbocycles. The number of fused-ring (bicyclic) bond motifs is 1. The highest BCUT2D eigenvalue weighted by Crippen LogP contribution is 2.39. The smallest absolute Gasteiger partial charge is 0.163 e. The highest BCUT2D eigenvalue weighted by atomic mass is 16.7. The van der Waals surface area contributed by atoms with Crippen molar-refractivity contribution in [2.45, 2.75) is 38.2 Å². The van der Waals surface area contributed by atoms with Gasteiger partial charge >= 0.3 is 0 Å². The van der Waals surface area contributed by atoms with Crippen LogP contribution in [0.4, 0.5) is 0 Å². The quantitative estimate of drug-likeness (QED) is 0.924. The molecule has 2 aliphatic heterocycles. The maximum Gasteiger partial charge on any atom is 0.163 e. The SMILES string of the molecule is COc1cc2c(cc1OC)[C@@H]([C@H]1COC(C)(C)O1)NCC2. The van der Waals surface area contributed by atoms with Gasteiger partial charge in [-0.1, -0.05) is 0 Å². The van der Waals surface area contributed by atoms with E-state index in [2.05, 4.69) is 17.4 Å². The lowest BCUT2D eigenvalue weighted by Crippen LogP contribution is -2.39. The Labute approximate surface area is 125 Å². The normalized spacial score (nSPS) is 27.2. The van der Waals surface area contributed by atoms with Crippen LogP contribution in [-0.4, -0.2) is 39.3 Å². The van der Waals surface area contributed by atoms with Crippen molar-refractivity contribution in [2.75, 3.05) is 27.4 Å². The van der Waals surface area contributed by atoms with Crippen molar-refractivity contribution in [3.05, 3.63) is 23.3 Å². The van der Waals surface area contributed by atoms with Gasteiger partial charge in [0.1, 0.15) is 6.10 Å². The lowest BCUT2D eigenvalue weighted by molar-refractivity contribution is -0.142. The van der Waals surface area contributed by atoms with Crippen LogP contribution in [0.1, 0.15) is 31.0 Å². The summed E-state index contributed by atoms with van der Waals surface area (Å²) in [5.74, 6) is 1.02. The molecule has 0 radical (unpaired) electrons. The van der Waals surface area contributed by atoms with Crippen LogP contribution in [0.3, 0.4) is 0 Å². The van der Waals surface area contributed by atoms with E-state index in [1.54, 1.807) is 14.2 Å². The van der Waals surface area contributed by atoms with Gasteiger partial charge in [-0.25, -0.2) is 0 Å². The monoisotopic (exact) mass is 293 g/mol. The minimum atomic E-state index is -0.513. The Bertz CT molecular complexity index is 529. The summed E-state index contributed by atoms with van der Waals surface area (Å²) < 4.78 is 22.5. The average Bonchev–Trinajstić information content (AvgIpc) is 2.85. The Morgan fingerprint density at radius 3 is 2.52 bits per heavy atom. The van der Waals surface area contributed by atoms with Crippen molar-refractivity contribution < 1.29 is 18.9 Å². The van der Waals surface area contributed by atoms with Gasteiger partial charge in [-0.3, -0.25) is 0 Å². The minimum absolute atomic E-state index is 0.0113. The van der Waals surface area contributed by atoms with Gasteiger partial charge in [-0.05, 0) is 50.1 Å². The van der Waals surface area contributed by atoms with E-state index in [0.717, 1.165) is 24.5 Å². The third-order valence-electron chi connectivity index (χ3n) is 4.14. The lowest BCUT2D eigenvalue weighted by Gasteiger charge is -2.31. The van der Waals surface area contributed by atoms with E-state index in [-0.39, 0.29) is 12.1 Å². The van der Waals surface area contributed by atoms with Crippen LogP contribution in [-0.2, 0) is 15.9 Å². The Balaban J connectivity index is 1.94. The summed E-state index contributed by atoms with van der Waals surface area (Å²) in [4.78, 5) is 0. The highest BCUT2D eigenvalue weighted by Gasteiger charge is 2.39. The van der Waals surface area contributed by atoms with Crippen LogP contribution in [0.2, 0.25) is 0 Å². The second-order valence-electron chi connectivity index (χ2n) is 5.95. The maximum absolute atomic E-state index is 6.02. The summed E-state index contributed by atoms with van der Waals surface area (Å²) in [5, 5.41) is 3.54. The zero-order chi connectivity index (χ0) is 15.0. The van der Waals surface area contributed by atoms with Crippen LogP contribution >= 0.6 is 0 Å². The molecule has 5 heteroatoms. The molecule has 2 aliphatic rings. The second kappa shape index (κ2) is 5.48. The number of hydrogen-bond acceptors (Lipinski definition) is 5. The average molecular weight is 293 g/mol. The molecule has 1 N–H and O–H groups in total. The molecule has 3 rings (SSSR count). The minimum Gasteiger partial charge on any atom is -0.493 e. The van der Waals surface area contributed by atoms with Crippen molar-refractivity contribution >= 4 is 0 Å². The summed E-state index contributed by atoms with van der Waals surface area (Å²) in [7, 11) is 3.33. The van der Waals surface area contributed by atoms with E-state index < -0.39 is 5.79 Å². The summed E-state index contributed by atoms with van der Waals surface area (Å²) in [5.41, 5.74) is 2.50. The summed E-state index contributed by atoms with van der Waals surface area (Å²) in [6, 6.07) is 4.25. The first-order valence-electron chi connectivity index (χ1n) is 7.34. The molecule has 1 aromatic carbocycles. The van der Waals surface area contributed by atoms with Crippen molar-refractivity contribution in [1.29, 1.82) is 0 Å². The Morgan fingerprint density at radius 1 is 1.19 bits per heavy atom. The standard InChI is InChI=1S/C16H23NO4/c1-16(2)20-9-14(21-16)15-11-8-13(19-4)12(18-3)7-10(11)5-6-17-15/h7-8,14-15,17H,5-6,9H2,1-4H3/t14-,15+/m1/s1. The van der Waals surface area contributed by atoms with Gasteiger partial charge < -0.3 is 24.3 Å². The molecule has 0 aromatic heterocycles. The molecule has 116 valence electrons. The Kier molecular flexibility index (Phi) is 3.82. The predicted octanol–water partition coefficient (Wildman–Crippen LogP) is 2.04. The van der Waals surface area contributed by atoms with Crippen LogP contribution in [0.15, 0.2) is 12.1 Å². The third-order valence-corrected chi connectivity index (χ3v) is 4.14. The first kappa shape index (κ1) is 14.6. The van der Waals surface area contributed by atoms with Gasteiger partial charge in [0, 0.05) is 0 Å². The van der Waals surface area contributed by atoms with Gasteiger partial charge in [-0.2, -0.15) is 0 Å². The fourth-order valence-corrected chi connectivity index (χ4v) is 3.13. The first-order valence-corrected chi connectivity index (χ1v) is 7.34. The summed E-state index contributed by atoms with van der Waals surface area (Å²) in [6.45, 7) is 5.42. The van der Waals surface area contributed by atoms with Gasteiger partial charge in [0.2, 0.25) is 0 Å². The number of methoxy groups -OCH3 is 2. The van der Waals surface area contributed by atoms with Crippen molar-refractivity contribution in [3.8, 4) is 11.5 Å². The molecule has 0 spiro atoms. The van der Waals surface area contributed by atoms with Crippen LogP contribution in [0.25, 0.3) is 0 Å². The van der Waals surface area contributed by atoms with Gasteiger partial charge in [0.15, 0.2) is 17.3 Å². The van der Waals surface area contributed by atoms with Gasteiger partial charge in [-0.15, -0.1) is 0 Å². The molecule has 2 heterocycles. The molecule has 2 atom stereocenters.